The Bertz CT molecular complexity index is 576. The molecule has 0 saturated carbocycles. The highest BCUT2D eigenvalue weighted by Crippen LogP contribution is 2.22. The van der Waals surface area contributed by atoms with E-state index in [0.717, 1.165) is 38.8 Å². The van der Waals surface area contributed by atoms with Crippen molar-refractivity contribution >= 4 is 11.8 Å². The lowest BCUT2D eigenvalue weighted by Gasteiger charge is -2.33. The molecule has 0 aliphatic carbocycles. The van der Waals surface area contributed by atoms with Crippen LogP contribution in [0, 0.1) is 11.7 Å². The molecule has 2 heterocycles. The molecule has 1 aromatic rings. The van der Waals surface area contributed by atoms with Crippen LogP contribution >= 0.6 is 0 Å². The van der Waals surface area contributed by atoms with Gasteiger partial charge in [0, 0.05) is 32.1 Å². The largest absolute Gasteiger partial charge is 0.484 e. The van der Waals surface area contributed by atoms with E-state index < -0.39 is 0 Å². The topological polar surface area (TPSA) is 49.9 Å². The zero-order chi connectivity index (χ0) is 16.9. The highest BCUT2D eigenvalue weighted by Gasteiger charge is 2.31. The maximum atomic E-state index is 12.8. The van der Waals surface area contributed by atoms with E-state index in [1.807, 2.05) is 4.90 Å². The number of piperidine rings is 1. The molecule has 0 bridgehead atoms. The molecule has 2 aliphatic rings. The second kappa shape index (κ2) is 7.64. The first-order valence-corrected chi connectivity index (χ1v) is 8.58. The van der Waals surface area contributed by atoms with Gasteiger partial charge in [-0.1, -0.05) is 0 Å². The van der Waals surface area contributed by atoms with Gasteiger partial charge >= 0.3 is 0 Å². The number of rotatable bonds is 4. The van der Waals surface area contributed by atoms with Crippen LogP contribution < -0.4 is 4.74 Å². The summed E-state index contributed by atoms with van der Waals surface area (Å²) in [6.45, 7) is 2.88. The molecular weight excluding hydrogens is 311 g/mol. The molecule has 0 spiro atoms. The van der Waals surface area contributed by atoms with Crippen LogP contribution in [0.25, 0.3) is 0 Å². The number of carbonyl (C=O) groups excluding carboxylic acids is 2. The normalized spacial score (nSPS) is 18.7. The molecule has 0 aromatic heterocycles. The van der Waals surface area contributed by atoms with Crippen molar-refractivity contribution in [1.82, 2.24) is 9.80 Å². The second-order valence-electron chi connectivity index (χ2n) is 6.43. The predicted molar refractivity (Wildman–Crippen MR) is 87.0 cm³/mol. The first-order chi connectivity index (χ1) is 11.6. The van der Waals surface area contributed by atoms with Crippen molar-refractivity contribution in [1.29, 1.82) is 0 Å². The van der Waals surface area contributed by atoms with Crippen molar-refractivity contribution in [3.63, 3.8) is 0 Å². The summed E-state index contributed by atoms with van der Waals surface area (Å²) < 4.78 is 18.2. The third-order valence-electron chi connectivity index (χ3n) is 4.79. The van der Waals surface area contributed by atoms with Gasteiger partial charge in [-0.25, -0.2) is 4.39 Å². The Hall–Kier alpha value is -2.11. The molecule has 2 fully saturated rings. The van der Waals surface area contributed by atoms with Gasteiger partial charge in [-0.3, -0.25) is 9.59 Å². The first kappa shape index (κ1) is 16.7. The van der Waals surface area contributed by atoms with Gasteiger partial charge in [-0.2, -0.15) is 0 Å². The number of hydrogen-bond acceptors (Lipinski definition) is 3. The summed E-state index contributed by atoms with van der Waals surface area (Å²) in [5.41, 5.74) is 0. The van der Waals surface area contributed by atoms with E-state index in [1.165, 1.54) is 24.3 Å². The number of ether oxygens (including phenoxy) is 1. The van der Waals surface area contributed by atoms with Gasteiger partial charge < -0.3 is 14.5 Å². The van der Waals surface area contributed by atoms with Crippen molar-refractivity contribution in [3.05, 3.63) is 30.1 Å². The van der Waals surface area contributed by atoms with Crippen LogP contribution in [-0.4, -0.2) is 54.4 Å². The second-order valence-corrected chi connectivity index (χ2v) is 6.43. The van der Waals surface area contributed by atoms with E-state index in [4.69, 9.17) is 4.74 Å². The standard InChI is InChI=1S/C18H23FN2O3/c19-15-3-5-16(6-4-15)24-13-17(22)20-11-7-14(8-12-20)18(23)21-9-1-2-10-21/h3-6,14H,1-2,7-13H2. The molecule has 2 amide bonds. The molecule has 24 heavy (non-hydrogen) atoms. The summed E-state index contributed by atoms with van der Waals surface area (Å²) in [4.78, 5) is 28.3. The summed E-state index contributed by atoms with van der Waals surface area (Å²) in [5.74, 6) is 0.348. The summed E-state index contributed by atoms with van der Waals surface area (Å²) in [6.07, 6.45) is 3.64. The Balaban J connectivity index is 1.43. The molecule has 0 unspecified atom stereocenters. The van der Waals surface area contributed by atoms with Crippen LogP contribution in [0.3, 0.4) is 0 Å². The van der Waals surface area contributed by atoms with Gasteiger partial charge in [0.2, 0.25) is 5.91 Å². The Labute approximate surface area is 141 Å². The minimum atomic E-state index is -0.335. The van der Waals surface area contributed by atoms with Gasteiger partial charge in [0.05, 0.1) is 0 Å². The first-order valence-electron chi connectivity index (χ1n) is 8.58. The Morgan fingerprint density at radius 2 is 1.62 bits per heavy atom. The van der Waals surface area contributed by atoms with Crippen molar-refractivity contribution in [2.75, 3.05) is 32.8 Å². The van der Waals surface area contributed by atoms with Gasteiger partial charge in [0.15, 0.2) is 6.61 Å². The van der Waals surface area contributed by atoms with Crippen molar-refractivity contribution in [2.45, 2.75) is 25.7 Å². The number of nitrogens with zero attached hydrogens (tertiary/aromatic N) is 2. The van der Waals surface area contributed by atoms with Gasteiger partial charge in [0.1, 0.15) is 11.6 Å². The van der Waals surface area contributed by atoms with Crippen molar-refractivity contribution in [2.24, 2.45) is 5.92 Å². The van der Waals surface area contributed by atoms with E-state index >= 15 is 0 Å². The zero-order valence-electron chi connectivity index (χ0n) is 13.7. The molecule has 0 N–H and O–H groups in total. The summed E-state index contributed by atoms with van der Waals surface area (Å²) in [5, 5.41) is 0. The number of carbonyl (C=O) groups is 2. The lowest BCUT2D eigenvalue weighted by molar-refractivity contribution is -0.140. The van der Waals surface area contributed by atoms with E-state index in [2.05, 4.69) is 0 Å². The highest BCUT2D eigenvalue weighted by atomic mass is 19.1. The number of likely N-dealkylation sites (tertiary alicyclic amines) is 2. The summed E-state index contributed by atoms with van der Waals surface area (Å²) in [7, 11) is 0. The molecule has 3 rings (SSSR count). The maximum absolute atomic E-state index is 12.8. The lowest BCUT2D eigenvalue weighted by Crippen LogP contribution is -2.45. The molecule has 130 valence electrons. The van der Waals surface area contributed by atoms with E-state index in [1.54, 1.807) is 4.90 Å². The van der Waals surface area contributed by atoms with Crippen LogP contribution in [0.15, 0.2) is 24.3 Å². The lowest BCUT2D eigenvalue weighted by atomic mass is 9.95. The summed E-state index contributed by atoms with van der Waals surface area (Å²) in [6, 6.07) is 5.61. The van der Waals surface area contributed by atoms with Crippen LogP contribution in [0.4, 0.5) is 4.39 Å². The van der Waals surface area contributed by atoms with Crippen molar-refractivity contribution in [3.8, 4) is 5.75 Å². The molecule has 2 aliphatic heterocycles. The van der Waals surface area contributed by atoms with E-state index in [-0.39, 0.29) is 30.2 Å². The number of benzene rings is 1. The fourth-order valence-electron chi connectivity index (χ4n) is 3.34. The maximum Gasteiger partial charge on any atom is 0.260 e. The average Bonchev–Trinajstić information content (AvgIpc) is 3.15. The number of halogens is 1. The monoisotopic (exact) mass is 334 g/mol. The Kier molecular flexibility index (Phi) is 5.33. The van der Waals surface area contributed by atoms with Gasteiger partial charge in [-0.15, -0.1) is 0 Å². The van der Waals surface area contributed by atoms with Gasteiger partial charge in [0.25, 0.3) is 5.91 Å². The molecule has 6 heteroatoms. The predicted octanol–water partition coefficient (Wildman–Crippen LogP) is 2.07. The third kappa shape index (κ3) is 4.04. The average molecular weight is 334 g/mol. The molecule has 2 saturated heterocycles. The number of hydrogen-bond donors (Lipinski definition) is 0. The number of amides is 2. The van der Waals surface area contributed by atoms with Crippen LogP contribution in [0.1, 0.15) is 25.7 Å². The van der Waals surface area contributed by atoms with Gasteiger partial charge in [-0.05, 0) is 49.9 Å². The highest BCUT2D eigenvalue weighted by molar-refractivity contribution is 5.81. The minimum absolute atomic E-state index is 0.0465. The smallest absolute Gasteiger partial charge is 0.260 e. The van der Waals surface area contributed by atoms with Crippen LogP contribution in [0.5, 0.6) is 5.75 Å². The van der Waals surface area contributed by atoms with E-state index in [9.17, 15) is 14.0 Å². The van der Waals surface area contributed by atoms with Crippen LogP contribution in [0.2, 0.25) is 0 Å². The quantitative estimate of drug-likeness (QED) is 0.847. The molecule has 0 atom stereocenters. The Morgan fingerprint density at radius 3 is 2.25 bits per heavy atom. The molecular formula is C18H23FN2O3. The summed E-state index contributed by atoms with van der Waals surface area (Å²) >= 11 is 0. The van der Waals surface area contributed by atoms with Crippen LogP contribution in [-0.2, 0) is 9.59 Å². The third-order valence-corrected chi connectivity index (χ3v) is 4.79. The Morgan fingerprint density at radius 1 is 1.00 bits per heavy atom. The molecule has 1 aromatic carbocycles. The molecule has 0 radical (unpaired) electrons. The minimum Gasteiger partial charge on any atom is -0.484 e. The van der Waals surface area contributed by atoms with E-state index in [0.29, 0.717) is 18.8 Å². The fraction of sp³-hybridized carbons (Fsp3) is 0.556. The van der Waals surface area contributed by atoms with Crippen molar-refractivity contribution < 1.29 is 18.7 Å². The SMILES string of the molecule is O=C(COc1ccc(F)cc1)N1CCC(C(=O)N2CCCC2)CC1. The zero-order valence-corrected chi connectivity index (χ0v) is 13.7. The molecule has 5 nitrogen and oxygen atoms in total. The fourth-order valence-corrected chi connectivity index (χ4v) is 3.34.